The fourth-order valence-corrected chi connectivity index (χ4v) is 2.40. The van der Waals surface area contributed by atoms with Crippen molar-refractivity contribution in [2.24, 2.45) is 0 Å². The second kappa shape index (κ2) is 9.50. The van der Waals surface area contributed by atoms with Crippen molar-refractivity contribution in [1.29, 1.82) is 0 Å². The number of halogens is 1. The number of rotatable bonds is 9. The molecule has 0 aliphatic heterocycles. The summed E-state index contributed by atoms with van der Waals surface area (Å²) in [5.41, 5.74) is 0.834. The lowest BCUT2D eigenvalue weighted by Crippen LogP contribution is -2.30. The van der Waals surface area contributed by atoms with Crippen LogP contribution >= 0.6 is 15.9 Å². The van der Waals surface area contributed by atoms with E-state index in [1.165, 1.54) is 4.90 Å². The minimum Gasteiger partial charge on any atom is -0.497 e. The number of hydrogen-bond donors (Lipinski definition) is 1. The first-order chi connectivity index (χ1) is 10.1. The van der Waals surface area contributed by atoms with E-state index in [4.69, 9.17) is 9.47 Å². The third-order valence-corrected chi connectivity index (χ3v) is 3.75. The number of nitrogens with zero attached hydrogens (tertiary/aromatic N) is 1. The van der Waals surface area contributed by atoms with E-state index in [0.717, 1.165) is 30.2 Å². The van der Waals surface area contributed by atoms with E-state index < -0.39 is 6.09 Å². The molecule has 0 aliphatic rings. The zero-order valence-electron chi connectivity index (χ0n) is 12.5. The summed E-state index contributed by atoms with van der Waals surface area (Å²) < 4.78 is 10.4. The lowest BCUT2D eigenvalue weighted by Gasteiger charge is -2.20. The fraction of sp³-hybridized carbons (Fsp3) is 0.533. The van der Waals surface area contributed by atoms with Crippen LogP contribution in [0, 0.1) is 0 Å². The lowest BCUT2D eigenvalue weighted by molar-refractivity contribution is 0.141. The Labute approximate surface area is 134 Å². The third kappa shape index (κ3) is 5.83. The molecule has 1 aromatic carbocycles. The summed E-state index contributed by atoms with van der Waals surface area (Å²) in [7, 11) is 3.15. The maximum atomic E-state index is 11.3. The molecule has 0 radical (unpaired) electrons. The molecule has 0 atom stereocenters. The fourth-order valence-electron chi connectivity index (χ4n) is 2.00. The van der Waals surface area contributed by atoms with E-state index in [0.29, 0.717) is 24.6 Å². The highest BCUT2D eigenvalue weighted by atomic mass is 79.9. The van der Waals surface area contributed by atoms with Crippen LogP contribution in [0.4, 0.5) is 4.79 Å². The monoisotopic (exact) mass is 359 g/mol. The molecule has 0 aliphatic carbocycles. The van der Waals surface area contributed by atoms with Crippen LogP contribution in [0.1, 0.15) is 24.8 Å². The van der Waals surface area contributed by atoms with Gasteiger partial charge in [-0.25, -0.2) is 4.79 Å². The van der Waals surface area contributed by atoms with Crippen LogP contribution in [0.15, 0.2) is 18.2 Å². The van der Waals surface area contributed by atoms with Gasteiger partial charge in [0, 0.05) is 23.5 Å². The van der Waals surface area contributed by atoms with Gasteiger partial charge in [-0.05, 0) is 25.0 Å². The Morgan fingerprint density at radius 2 is 2.00 bits per heavy atom. The van der Waals surface area contributed by atoms with Crippen molar-refractivity contribution in [1.82, 2.24) is 4.90 Å². The van der Waals surface area contributed by atoms with Crippen LogP contribution in [0.5, 0.6) is 11.5 Å². The number of carboxylic acid groups (broad SMARTS) is 1. The molecule has 0 unspecified atom stereocenters. The number of amides is 1. The van der Waals surface area contributed by atoms with Crippen LogP contribution in [-0.4, -0.2) is 42.2 Å². The quantitative estimate of drug-likeness (QED) is 0.538. The van der Waals surface area contributed by atoms with Crippen LogP contribution < -0.4 is 9.47 Å². The smallest absolute Gasteiger partial charge is 0.407 e. The lowest BCUT2D eigenvalue weighted by atomic mass is 10.1. The van der Waals surface area contributed by atoms with Gasteiger partial charge >= 0.3 is 6.09 Å². The number of hydrogen-bond acceptors (Lipinski definition) is 3. The van der Waals surface area contributed by atoms with Gasteiger partial charge in [0.25, 0.3) is 0 Å². The molecule has 1 amide bonds. The van der Waals surface area contributed by atoms with Crippen molar-refractivity contribution < 1.29 is 19.4 Å². The summed E-state index contributed by atoms with van der Waals surface area (Å²) in [6.45, 7) is 0.842. The summed E-state index contributed by atoms with van der Waals surface area (Å²) in [5.74, 6) is 1.33. The maximum Gasteiger partial charge on any atom is 0.407 e. The number of ether oxygens (including phenoxy) is 2. The molecule has 5 nitrogen and oxygen atoms in total. The van der Waals surface area contributed by atoms with Crippen LogP contribution in [0.25, 0.3) is 0 Å². The van der Waals surface area contributed by atoms with Crippen molar-refractivity contribution >= 4 is 22.0 Å². The number of unbranched alkanes of at least 4 members (excludes halogenated alkanes) is 2. The minimum atomic E-state index is -0.910. The number of benzene rings is 1. The summed E-state index contributed by atoms with van der Waals surface area (Å²) in [4.78, 5) is 12.8. The van der Waals surface area contributed by atoms with E-state index in [1.54, 1.807) is 20.3 Å². The van der Waals surface area contributed by atoms with Gasteiger partial charge in [-0.15, -0.1) is 0 Å². The van der Waals surface area contributed by atoms with Gasteiger partial charge in [0.15, 0.2) is 0 Å². The van der Waals surface area contributed by atoms with Gasteiger partial charge < -0.3 is 19.5 Å². The molecule has 1 N–H and O–H groups in total. The van der Waals surface area contributed by atoms with E-state index >= 15 is 0 Å². The summed E-state index contributed by atoms with van der Waals surface area (Å²) in [6, 6.07) is 5.41. The van der Waals surface area contributed by atoms with E-state index in [-0.39, 0.29) is 0 Å². The first-order valence-corrected chi connectivity index (χ1v) is 7.99. The Balaban J connectivity index is 2.72. The molecule has 0 spiro atoms. The van der Waals surface area contributed by atoms with Crippen molar-refractivity contribution in [3.05, 3.63) is 23.8 Å². The second-order valence-electron chi connectivity index (χ2n) is 4.63. The number of methoxy groups -OCH3 is 2. The van der Waals surface area contributed by atoms with Crippen LogP contribution in [-0.2, 0) is 6.54 Å². The van der Waals surface area contributed by atoms with Crippen LogP contribution in [0.3, 0.4) is 0 Å². The van der Waals surface area contributed by atoms with E-state index in [1.807, 2.05) is 12.1 Å². The topological polar surface area (TPSA) is 59.0 Å². The van der Waals surface area contributed by atoms with Crippen molar-refractivity contribution in [2.75, 3.05) is 26.1 Å². The molecule has 0 heterocycles. The van der Waals surface area contributed by atoms with Gasteiger partial charge in [0.1, 0.15) is 11.5 Å². The number of carbonyl (C=O) groups is 1. The molecular formula is C15H22BrNO4. The van der Waals surface area contributed by atoms with Gasteiger partial charge in [0.2, 0.25) is 0 Å². The molecule has 0 saturated carbocycles. The number of alkyl halides is 1. The molecule has 1 aromatic rings. The highest BCUT2D eigenvalue weighted by molar-refractivity contribution is 9.09. The SMILES string of the molecule is COc1ccc(CN(CCCCCBr)C(=O)O)c(OC)c1. The average molecular weight is 360 g/mol. The molecule has 0 saturated heterocycles. The molecule has 0 fully saturated rings. The molecule has 0 aromatic heterocycles. The van der Waals surface area contributed by atoms with Gasteiger partial charge in [-0.1, -0.05) is 22.4 Å². The maximum absolute atomic E-state index is 11.3. The predicted octanol–water partition coefficient (Wildman–Crippen LogP) is 3.75. The summed E-state index contributed by atoms with van der Waals surface area (Å²) in [5, 5.41) is 10.3. The zero-order chi connectivity index (χ0) is 15.7. The standard InChI is InChI=1S/C15H22BrNO4/c1-20-13-7-6-12(14(10-13)21-2)11-17(15(18)19)9-5-3-4-8-16/h6-7,10H,3-5,8-9,11H2,1-2H3,(H,18,19). The Bertz CT molecular complexity index is 453. The Kier molecular flexibility index (Phi) is 7.97. The highest BCUT2D eigenvalue weighted by Gasteiger charge is 2.15. The predicted molar refractivity (Wildman–Crippen MR) is 85.6 cm³/mol. The molecule has 118 valence electrons. The summed E-state index contributed by atoms with van der Waals surface area (Å²) >= 11 is 3.37. The van der Waals surface area contributed by atoms with Gasteiger partial charge in [-0.3, -0.25) is 0 Å². The first-order valence-electron chi connectivity index (χ1n) is 6.87. The third-order valence-electron chi connectivity index (χ3n) is 3.19. The Hall–Kier alpha value is -1.43. The second-order valence-corrected chi connectivity index (χ2v) is 5.42. The van der Waals surface area contributed by atoms with E-state index in [9.17, 15) is 9.90 Å². The van der Waals surface area contributed by atoms with Crippen molar-refractivity contribution in [3.63, 3.8) is 0 Å². The highest BCUT2D eigenvalue weighted by Crippen LogP contribution is 2.25. The van der Waals surface area contributed by atoms with Crippen molar-refractivity contribution in [2.45, 2.75) is 25.8 Å². The Morgan fingerprint density at radius 3 is 2.57 bits per heavy atom. The largest absolute Gasteiger partial charge is 0.497 e. The van der Waals surface area contributed by atoms with Crippen molar-refractivity contribution in [3.8, 4) is 11.5 Å². The molecule has 0 bridgehead atoms. The minimum absolute atomic E-state index is 0.316. The molecule has 1 rings (SSSR count). The van der Waals surface area contributed by atoms with E-state index in [2.05, 4.69) is 15.9 Å². The normalized spacial score (nSPS) is 10.2. The molecular weight excluding hydrogens is 338 g/mol. The molecule has 21 heavy (non-hydrogen) atoms. The van der Waals surface area contributed by atoms with Gasteiger partial charge in [-0.2, -0.15) is 0 Å². The first kappa shape index (κ1) is 17.6. The van der Waals surface area contributed by atoms with Crippen LogP contribution in [0.2, 0.25) is 0 Å². The molecule has 6 heteroatoms. The summed E-state index contributed by atoms with van der Waals surface area (Å²) in [6.07, 6.45) is 2.01. The van der Waals surface area contributed by atoms with Gasteiger partial charge in [0.05, 0.1) is 20.8 Å². The zero-order valence-corrected chi connectivity index (χ0v) is 14.1. The Morgan fingerprint density at radius 1 is 1.24 bits per heavy atom. The average Bonchev–Trinajstić information content (AvgIpc) is 2.50.